The number of rotatable bonds is 5. The molecule has 0 aliphatic rings. The number of nitro benzene ring substituents is 1. The Bertz CT molecular complexity index is 677. The van der Waals surface area contributed by atoms with E-state index in [4.69, 9.17) is 4.74 Å². The van der Waals surface area contributed by atoms with Crippen molar-refractivity contribution < 1.29 is 14.5 Å². The lowest BCUT2D eigenvalue weighted by Crippen LogP contribution is -2.11. The zero-order valence-electron chi connectivity index (χ0n) is 11.8. The number of hydrogen-bond donors (Lipinski definition) is 0. The molecule has 0 amide bonds. The number of nitrogens with zero attached hydrogens (tertiary/aromatic N) is 1. The summed E-state index contributed by atoms with van der Waals surface area (Å²) in [5, 5.41) is 10.5. The summed E-state index contributed by atoms with van der Waals surface area (Å²) in [6.45, 7) is 3.88. The number of benzene rings is 2. The van der Waals surface area contributed by atoms with Gasteiger partial charge in [0.25, 0.3) is 5.69 Å². The van der Waals surface area contributed by atoms with E-state index in [-0.39, 0.29) is 18.1 Å². The Morgan fingerprint density at radius 2 is 1.76 bits per heavy atom. The van der Waals surface area contributed by atoms with Crippen LogP contribution < -0.4 is 4.74 Å². The molecule has 0 aliphatic heterocycles. The third kappa shape index (κ3) is 3.66. The Hall–Kier alpha value is -2.69. The van der Waals surface area contributed by atoms with Gasteiger partial charge in [0.1, 0.15) is 5.75 Å². The fourth-order valence-electron chi connectivity index (χ4n) is 1.80. The monoisotopic (exact) mass is 285 g/mol. The van der Waals surface area contributed by atoms with Crippen LogP contribution >= 0.6 is 0 Å². The molecule has 0 radical (unpaired) electrons. The molecule has 0 saturated carbocycles. The Kier molecular flexibility index (Phi) is 4.33. The smallest absolute Gasteiger partial charge is 0.269 e. The van der Waals surface area contributed by atoms with Crippen LogP contribution in [0.15, 0.2) is 42.5 Å². The van der Waals surface area contributed by atoms with Gasteiger partial charge in [0.05, 0.1) is 4.92 Å². The van der Waals surface area contributed by atoms with Crippen LogP contribution in [-0.4, -0.2) is 17.3 Å². The lowest BCUT2D eigenvalue weighted by atomic mass is 10.1. The number of nitro groups is 1. The first-order valence-corrected chi connectivity index (χ1v) is 6.45. The average molecular weight is 285 g/mol. The number of carbonyl (C=O) groups is 1. The molecule has 0 saturated heterocycles. The minimum absolute atomic E-state index is 0.0402. The highest BCUT2D eigenvalue weighted by Gasteiger charge is 2.10. The van der Waals surface area contributed by atoms with Crippen LogP contribution in [-0.2, 0) is 0 Å². The standard InChI is InChI=1S/C16H15NO4/c1-11-3-8-15(9-12(11)2)21-10-16(18)13-4-6-14(7-5-13)17(19)20/h3-9H,10H2,1-2H3. The van der Waals surface area contributed by atoms with E-state index in [1.54, 1.807) is 0 Å². The molecule has 5 nitrogen and oxygen atoms in total. The molecule has 0 spiro atoms. The average Bonchev–Trinajstić information content (AvgIpc) is 2.48. The number of hydrogen-bond acceptors (Lipinski definition) is 4. The zero-order chi connectivity index (χ0) is 15.4. The fourth-order valence-corrected chi connectivity index (χ4v) is 1.80. The quantitative estimate of drug-likeness (QED) is 0.479. The summed E-state index contributed by atoms with van der Waals surface area (Å²) in [7, 11) is 0. The first kappa shape index (κ1) is 14.7. The first-order valence-electron chi connectivity index (χ1n) is 6.45. The van der Waals surface area contributed by atoms with Gasteiger partial charge in [-0.15, -0.1) is 0 Å². The number of carbonyl (C=O) groups excluding carboxylic acids is 1. The van der Waals surface area contributed by atoms with E-state index >= 15 is 0 Å². The predicted molar refractivity (Wildman–Crippen MR) is 78.8 cm³/mol. The van der Waals surface area contributed by atoms with E-state index in [9.17, 15) is 14.9 Å². The fraction of sp³-hybridized carbons (Fsp3) is 0.188. The normalized spacial score (nSPS) is 10.2. The molecule has 0 fully saturated rings. The van der Waals surface area contributed by atoms with Crippen molar-refractivity contribution in [3.05, 3.63) is 69.3 Å². The van der Waals surface area contributed by atoms with Gasteiger partial charge in [0, 0.05) is 17.7 Å². The van der Waals surface area contributed by atoms with Crippen molar-refractivity contribution in [1.82, 2.24) is 0 Å². The predicted octanol–water partition coefficient (Wildman–Crippen LogP) is 3.47. The van der Waals surface area contributed by atoms with Gasteiger partial charge in [-0.2, -0.15) is 0 Å². The molecule has 2 aromatic rings. The SMILES string of the molecule is Cc1ccc(OCC(=O)c2ccc([N+](=O)[O-])cc2)cc1C. The van der Waals surface area contributed by atoms with Gasteiger partial charge in [-0.25, -0.2) is 0 Å². The summed E-state index contributed by atoms with van der Waals surface area (Å²) >= 11 is 0. The topological polar surface area (TPSA) is 69.4 Å². The third-order valence-corrected chi connectivity index (χ3v) is 3.25. The molecule has 2 rings (SSSR count). The Labute approximate surface area is 122 Å². The van der Waals surface area contributed by atoms with Crippen molar-refractivity contribution >= 4 is 11.5 Å². The van der Waals surface area contributed by atoms with E-state index in [2.05, 4.69) is 0 Å². The Balaban J connectivity index is 2.01. The summed E-state index contributed by atoms with van der Waals surface area (Å²) in [5.41, 5.74) is 2.60. The van der Waals surface area contributed by atoms with Gasteiger partial charge in [0.15, 0.2) is 12.4 Å². The zero-order valence-corrected chi connectivity index (χ0v) is 11.8. The van der Waals surface area contributed by atoms with Crippen molar-refractivity contribution in [3.63, 3.8) is 0 Å². The molecule has 108 valence electrons. The van der Waals surface area contributed by atoms with Crippen molar-refractivity contribution in [2.24, 2.45) is 0 Å². The molecular formula is C16H15NO4. The summed E-state index contributed by atoms with van der Waals surface area (Å²) in [6.07, 6.45) is 0. The minimum atomic E-state index is -0.500. The molecule has 0 N–H and O–H groups in total. The number of aryl methyl sites for hydroxylation is 2. The number of Topliss-reactive ketones (excluding diaryl/α,β-unsaturated/α-hetero) is 1. The second-order valence-corrected chi connectivity index (χ2v) is 4.76. The number of ether oxygens (including phenoxy) is 1. The van der Waals surface area contributed by atoms with Crippen LogP contribution in [0.25, 0.3) is 0 Å². The van der Waals surface area contributed by atoms with Crippen LogP contribution in [0.2, 0.25) is 0 Å². The van der Waals surface area contributed by atoms with E-state index in [0.29, 0.717) is 11.3 Å². The maximum Gasteiger partial charge on any atom is 0.269 e. The molecule has 0 aromatic heterocycles. The second-order valence-electron chi connectivity index (χ2n) is 4.76. The largest absolute Gasteiger partial charge is 0.485 e. The summed E-state index contributed by atoms with van der Waals surface area (Å²) in [4.78, 5) is 22.0. The number of ketones is 1. The highest BCUT2D eigenvalue weighted by Crippen LogP contribution is 2.17. The van der Waals surface area contributed by atoms with E-state index in [1.807, 2.05) is 32.0 Å². The van der Waals surface area contributed by atoms with Gasteiger partial charge < -0.3 is 4.74 Å². The highest BCUT2D eigenvalue weighted by molar-refractivity contribution is 5.97. The number of non-ortho nitro benzene ring substituents is 1. The van der Waals surface area contributed by atoms with Crippen LogP contribution in [0.1, 0.15) is 21.5 Å². The molecular weight excluding hydrogens is 270 g/mol. The van der Waals surface area contributed by atoms with Gasteiger partial charge in [0.2, 0.25) is 0 Å². The maximum atomic E-state index is 12.0. The van der Waals surface area contributed by atoms with Crippen molar-refractivity contribution in [2.75, 3.05) is 6.61 Å². The van der Waals surface area contributed by atoms with Crippen LogP contribution in [0.4, 0.5) is 5.69 Å². The van der Waals surface area contributed by atoms with Gasteiger partial charge in [-0.1, -0.05) is 6.07 Å². The third-order valence-electron chi connectivity index (χ3n) is 3.25. The maximum absolute atomic E-state index is 12.0. The Morgan fingerprint density at radius 1 is 1.10 bits per heavy atom. The summed E-state index contributed by atoms with van der Waals surface area (Å²) in [5.74, 6) is 0.413. The summed E-state index contributed by atoms with van der Waals surface area (Å²) < 4.78 is 5.45. The molecule has 0 atom stereocenters. The molecule has 0 unspecified atom stereocenters. The first-order chi connectivity index (χ1) is 9.97. The van der Waals surface area contributed by atoms with E-state index in [1.165, 1.54) is 24.3 Å². The Morgan fingerprint density at radius 3 is 2.33 bits per heavy atom. The lowest BCUT2D eigenvalue weighted by Gasteiger charge is -2.07. The van der Waals surface area contributed by atoms with Crippen LogP contribution in [0.3, 0.4) is 0 Å². The minimum Gasteiger partial charge on any atom is -0.485 e. The van der Waals surface area contributed by atoms with Crippen LogP contribution in [0, 0.1) is 24.0 Å². The van der Waals surface area contributed by atoms with Crippen molar-refractivity contribution in [1.29, 1.82) is 0 Å². The molecule has 5 heteroatoms. The van der Waals surface area contributed by atoms with Gasteiger partial charge in [-0.3, -0.25) is 14.9 Å². The highest BCUT2D eigenvalue weighted by atomic mass is 16.6. The van der Waals surface area contributed by atoms with Crippen molar-refractivity contribution in [3.8, 4) is 5.75 Å². The molecule has 0 aliphatic carbocycles. The molecule has 0 bridgehead atoms. The summed E-state index contributed by atoms with van der Waals surface area (Å²) in [6, 6.07) is 11.1. The van der Waals surface area contributed by atoms with Gasteiger partial charge >= 0.3 is 0 Å². The van der Waals surface area contributed by atoms with Crippen molar-refractivity contribution in [2.45, 2.75) is 13.8 Å². The molecule has 21 heavy (non-hydrogen) atoms. The second kappa shape index (κ2) is 6.17. The molecule has 0 heterocycles. The van der Waals surface area contributed by atoms with E-state index < -0.39 is 4.92 Å². The molecule has 2 aromatic carbocycles. The van der Waals surface area contributed by atoms with Crippen LogP contribution in [0.5, 0.6) is 5.75 Å². The van der Waals surface area contributed by atoms with E-state index in [0.717, 1.165) is 11.1 Å². The lowest BCUT2D eigenvalue weighted by molar-refractivity contribution is -0.384. The van der Waals surface area contributed by atoms with Gasteiger partial charge in [-0.05, 0) is 49.2 Å².